The van der Waals surface area contributed by atoms with Crippen molar-refractivity contribution in [2.45, 2.75) is 44.8 Å². The number of pyridine rings is 1. The third-order valence-corrected chi connectivity index (χ3v) is 7.33. The molecule has 1 fully saturated rings. The fourth-order valence-corrected chi connectivity index (χ4v) is 4.94. The Labute approximate surface area is 231 Å². The Balaban J connectivity index is 1.45. The van der Waals surface area contributed by atoms with Crippen LogP contribution in [0, 0.1) is 6.92 Å². The summed E-state index contributed by atoms with van der Waals surface area (Å²) >= 11 is 0. The van der Waals surface area contributed by atoms with Gasteiger partial charge in [-0.25, -0.2) is 0 Å². The van der Waals surface area contributed by atoms with Crippen molar-refractivity contribution in [1.29, 1.82) is 0 Å². The van der Waals surface area contributed by atoms with Crippen molar-refractivity contribution in [2.24, 2.45) is 0 Å². The molecule has 2 heterocycles. The third-order valence-electron chi connectivity index (χ3n) is 7.33. The molecule has 2 N–H and O–H groups in total. The van der Waals surface area contributed by atoms with E-state index in [-0.39, 0.29) is 24.7 Å². The zero-order valence-corrected chi connectivity index (χ0v) is 22.6. The molecule has 0 radical (unpaired) electrons. The van der Waals surface area contributed by atoms with Gasteiger partial charge in [0.25, 0.3) is 0 Å². The number of halogens is 3. The average molecular weight is 558 g/mol. The average Bonchev–Trinajstić information content (AvgIpc) is 2.92. The summed E-state index contributed by atoms with van der Waals surface area (Å²) in [6.07, 6.45) is -1.33. The molecular weight excluding hydrogens is 523 g/mol. The number of alkyl halides is 3. The second kappa shape index (κ2) is 12.5. The zero-order valence-electron chi connectivity index (χ0n) is 22.6. The first-order valence-electron chi connectivity index (χ1n) is 13.1. The number of piperazine rings is 1. The number of aliphatic hydroxyl groups is 2. The number of carbonyl (C=O) groups is 1. The summed E-state index contributed by atoms with van der Waals surface area (Å²) in [4.78, 5) is 21.2. The number of esters is 1. The summed E-state index contributed by atoms with van der Waals surface area (Å²) in [6, 6.07) is 15.1. The van der Waals surface area contributed by atoms with E-state index in [1.807, 2.05) is 37.3 Å². The Kier molecular flexibility index (Phi) is 9.25. The number of aryl methyl sites for hydroxylation is 1. The summed E-state index contributed by atoms with van der Waals surface area (Å²) in [5, 5.41) is 19.0. The molecule has 0 spiro atoms. The molecule has 1 unspecified atom stereocenters. The third kappa shape index (κ3) is 6.87. The number of benzene rings is 2. The number of hydrogen-bond donors (Lipinski definition) is 2. The van der Waals surface area contributed by atoms with Crippen molar-refractivity contribution >= 4 is 5.97 Å². The molecular formula is C30H34F3N3O4. The van der Waals surface area contributed by atoms with E-state index in [4.69, 9.17) is 9.84 Å². The highest BCUT2D eigenvalue weighted by molar-refractivity contribution is 5.76. The quantitative estimate of drug-likeness (QED) is 0.384. The van der Waals surface area contributed by atoms with Gasteiger partial charge in [0.2, 0.25) is 0 Å². The molecule has 2 atom stereocenters. The number of aliphatic hydroxyl groups excluding tert-OH is 1. The number of carbonyl (C=O) groups excluding carboxylic acids is 1. The lowest BCUT2D eigenvalue weighted by Gasteiger charge is -2.40. The van der Waals surface area contributed by atoms with Crippen LogP contribution in [0.4, 0.5) is 13.2 Å². The summed E-state index contributed by atoms with van der Waals surface area (Å²) in [5.41, 5.74) is 1.55. The molecule has 1 aromatic heterocycles. The number of aromatic nitrogens is 1. The smallest absolute Gasteiger partial charge is 0.421 e. The van der Waals surface area contributed by atoms with Gasteiger partial charge in [0, 0.05) is 45.1 Å². The Morgan fingerprint density at radius 3 is 2.35 bits per heavy atom. The molecule has 0 aliphatic carbocycles. The minimum atomic E-state index is -4.77. The summed E-state index contributed by atoms with van der Waals surface area (Å²) in [5.74, 6) is -0.368. The molecule has 214 valence electrons. The van der Waals surface area contributed by atoms with Crippen LogP contribution in [0.1, 0.15) is 29.2 Å². The van der Waals surface area contributed by atoms with Crippen LogP contribution in [-0.2, 0) is 28.2 Å². The van der Waals surface area contributed by atoms with Gasteiger partial charge in [-0.05, 0) is 59.4 Å². The lowest BCUT2D eigenvalue weighted by molar-refractivity contribution is -0.258. The highest BCUT2D eigenvalue weighted by Gasteiger charge is 2.51. The summed E-state index contributed by atoms with van der Waals surface area (Å²) < 4.78 is 44.9. The van der Waals surface area contributed by atoms with E-state index in [2.05, 4.69) is 14.8 Å². The van der Waals surface area contributed by atoms with E-state index < -0.39 is 17.8 Å². The van der Waals surface area contributed by atoms with Gasteiger partial charge in [0.15, 0.2) is 5.60 Å². The second-order valence-corrected chi connectivity index (χ2v) is 10.3. The van der Waals surface area contributed by atoms with E-state index in [1.165, 1.54) is 12.1 Å². The van der Waals surface area contributed by atoms with Crippen molar-refractivity contribution in [3.8, 4) is 11.1 Å². The van der Waals surface area contributed by atoms with Gasteiger partial charge in [0.05, 0.1) is 6.61 Å². The van der Waals surface area contributed by atoms with Crippen LogP contribution in [0.5, 0.6) is 0 Å². The molecule has 4 rings (SSSR count). The molecule has 10 heteroatoms. The molecule has 40 heavy (non-hydrogen) atoms. The predicted octanol–water partition coefficient (Wildman–Crippen LogP) is 4.05. The monoisotopic (exact) mass is 557 g/mol. The van der Waals surface area contributed by atoms with Crippen molar-refractivity contribution in [3.63, 3.8) is 0 Å². The predicted molar refractivity (Wildman–Crippen MR) is 144 cm³/mol. The van der Waals surface area contributed by atoms with E-state index in [1.54, 1.807) is 24.5 Å². The Bertz CT molecular complexity index is 1280. The molecule has 0 bridgehead atoms. The number of nitrogens with zero attached hydrogens (tertiary/aromatic N) is 3. The number of hydrogen-bond acceptors (Lipinski definition) is 7. The molecule has 2 aromatic carbocycles. The maximum Gasteiger partial charge on any atom is 0.421 e. The summed E-state index contributed by atoms with van der Waals surface area (Å²) in [7, 11) is 0. The minimum Gasteiger partial charge on any atom is -0.462 e. The van der Waals surface area contributed by atoms with Crippen molar-refractivity contribution in [1.82, 2.24) is 14.8 Å². The fourth-order valence-electron chi connectivity index (χ4n) is 4.94. The van der Waals surface area contributed by atoms with E-state index in [9.17, 15) is 23.1 Å². The standard InChI is InChI=1S/C30H34F3N3O4/c1-21-17-23(3-8-26(21)24-4-6-25(7-5-24)29(2,39)30(31,32)33)18-35-13-14-36(19-22-9-11-34-12-10-22)27(20-35)28(38)40-16-15-37/h3-12,17,27,37,39H,13-16,18-20H2,1-2H3/t27-,29?/m0/s1. The van der Waals surface area contributed by atoms with Crippen LogP contribution in [0.2, 0.25) is 0 Å². The van der Waals surface area contributed by atoms with Crippen molar-refractivity contribution in [3.05, 3.63) is 89.2 Å². The van der Waals surface area contributed by atoms with E-state index in [0.717, 1.165) is 41.3 Å². The van der Waals surface area contributed by atoms with Crippen LogP contribution in [0.15, 0.2) is 67.0 Å². The van der Waals surface area contributed by atoms with Crippen molar-refractivity contribution in [2.75, 3.05) is 32.8 Å². The van der Waals surface area contributed by atoms with Gasteiger partial charge in [-0.2, -0.15) is 13.2 Å². The maximum absolute atomic E-state index is 13.2. The first-order valence-corrected chi connectivity index (χ1v) is 13.1. The first kappa shape index (κ1) is 29.7. The fraction of sp³-hybridized carbons (Fsp3) is 0.400. The molecule has 3 aromatic rings. The molecule has 0 amide bonds. The van der Waals surface area contributed by atoms with Gasteiger partial charge >= 0.3 is 12.1 Å². The van der Waals surface area contributed by atoms with Crippen LogP contribution < -0.4 is 0 Å². The Morgan fingerprint density at radius 2 is 1.73 bits per heavy atom. The normalized spacial score (nSPS) is 18.3. The molecule has 1 aliphatic rings. The van der Waals surface area contributed by atoms with Crippen LogP contribution in [0.25, 0.3) is 11.1 Å². The molecule has 0 saturated carbocycles. The van der Waals surface area contributed by atoms with Crippen LogP contribution in [-0.4, -0.2) is 76.0 Å². The highest BCUT2D eigenvalue weighted by Crippen LogP contribution is 2.39. The molecule has 1 aliphatic heterocycles. The lowest BCUT2D eigenvalue weighted by Crippen LogP contribution is -2.56. The van der Waals surface area contributed by atoms with Crippen LogP contribution in [0.3, 0.4) is 0 Å². The SMILES string of the molecule is Cc1cc(CN2CCN(Cc3ccncc3)[C@H](C(=O)OCCO)C2)ccc1-c1ccc(C(C)(O)C(F)(F)F)cc1. The minimum absolute atomic E-state index is 0.0478. The Hall–Kier alpha value is -3.31. The zero-order chi connectivity index (χ0) is 28.9. The second-order valence-electron chi connectivity index (χ2n) is 10.3. The Morgan fingerprint density at radius 1 is 1.02 bits per heavy atom. The van der Waals surface area contributed by atoms with Crippen molar-refractivity contribution < 1.29 is 32.9 Å². The highest BCUT2D eigenvalue weighted by atomic mass is 19.4. The topological polar surface area (TPSA) is 86.1 Å². The lowest BCUT2D eigenvalue weighted by atomic mass is 9.92. The van der Waals surface area contributed by atoms with E-state index >= 15 is 0 Å². The van der Waals surface area contributed by atoms with Crippen LogP contribution >= 0.6 is 0 Å². The maximum atomic E-state index is 13.2. The van der Waals surface area contributed by atoms with Gasteiger partial charge < -0.3 is 14.9 Å². The largest absolute Gasteiger partial charge is 0.462 e. The number of rotatable bonds is 9. The number of ether oxygens (including phenoxy) is 1. The van der Waals surface area contributed by atoms with Gasteiger partial charge in [-0.3, -0.25) is 19.6 Å². The van der Waals surface area contributed by atoms with Gasteiger partial charge in [-0.1, -0.05) is 42.5 Å². The molecule has 7 nitrogen and oxygen atoms in total. The molecule has 1 saturated heterocycles. The van der Waals surface area contributed by atoms with Gasteiger partial charge in [0.1, 0.15) is 12.6 Å². The van der Waals surface area contributed by atoms with E-state index in [0.29, 0.717) is 26.2 Å². The summed E-state index contributed by atoms with van der Waals surface area (Å²) in [6.45, 7) is 5.48. The first-order chi connectivity index (χ1) is 19.0. The van der Waals surface area contributed by atoms with Gasteiger partial charge in [-0.15, -0.1) is 0 Å².